The summed E-state index contributed by atoms with van der Waals surface area (Å²) in [6.07, 6.45) is 13.0. The lowest BCUT2D eigenvalue weighted by Crippen LogP contribution is -2.17. The number of carbonyl (C=O) groups is 1. The topological polar surface area (TPSA) is 75.3 Å². The van der Waals surface area contributed by atoms with Crippen molar-refractivity contribution in [2.75, 3.05) is 7.05 Å². The SMILES string of the molecule is C=Cc1c(C)ncc(C(=O)OC(C)C)c1/C(C=NC)=C/C.CC(C)[C@H](CC#N)C1CCCC1. The summed E-state index contributed by atoms with van der Waals surface area (Å²) in [4.78, 5) is 20.6. The first kappa shape index (κ1) is 28.3. The average molecular weight is 452 g/mol. The van der Waals surface area contributed by atoms with E-state index in [1.165, 1.54) is 25.7 Å². The lowest BCUT2D eigenvalue weighted by atomic mass is 9.80. The number of esters is 1. The Hall–Kier alpha value is -2.74. The molecule has 5 nitrogen and oxygen atoms in total. The Bertz CT molecular complexity index is 885. The molecule has 180 valence electrons. The summed E-state index contributed by atoms with van der Waals surface area (Å²) < 4.78 is 5.30. The number of aliphatic imine (C=N–C) groups is 1. The van der Waals surface area contributed by atoms with Crippen molar-refractivity contribution < 1.29 is 9.53 Å². The van der Waals surface area contributed by atoms with Crippen LogP contribution in [0.25, 0.3) is 11.6 Å². The lowest BCUT2D eigenvalue weighted by Gasteiger charge is -2.24. The van der Waals surface area contributed by atoms with Crippen molar-refractivity contribution in [2.24, 2.45) is 22.7 Å². The molecule has 1 aromatic rings. The van der Waals surface area contributed by atoms with Crippen LogP contribution in [0.3, 0.4) is 0 Å². The highest BCUT2D eigenvalue weighted by Crippen LogP contribution is 2.36. The van der Waals surface area contributed by atoms with Gasteiger partial charge >= 0.3 is 5.97 Å². The van der Waals surface area contributed by atoms with Gasteiger partial charge in [-0.15, -0.1) is 0 Å². The minimum Gasteiger partial charge on any atom is -0.459 e. The van der Waals surface area contributed by atoms with Crippen LogP contribution in [0.2, 0.25) is 0 Å². The van der Waals surface area contributed by atoms with Gasteiger partial charge in [0.15, 0.2) is 0 Å². The quantitative estimate of drug-likeness (QED) is 0.313. The normalized spacial score (nSPS) is 15.3. The molecule has 1 atom stereocenters. The van der Waals surface area contributed by atoms with Crippen molar-refractivity contribution in [1.82, 2.24) is 4.98 Å². The molecule has 0 unspecified atom stereocenters. The van der Waals surface area contributed by atoms with E-state index in [9.17, 15) is 4.79 Å². The zero-order valence-electron chi connectivity index (χ0n) is 21.5. The van der Waals surface area contributed by atoms with Crippen LogP contribution in [0.4, 0.5) is 0 Å². The summed E-state index contributed by atoms with van der Waals surface area (Å²) in [5, 5.41) is 8.70. The maximum absolute atomic E-state index is 12.3. The van der Waals surface area contributed by atoms with Crippen LogP contribution in [0.5, 0.6) is 0 Å². The monoisotopic (exact) mass is 451 g/mol. The van der Waals surface area contributed by atoms with Crippen molar-refractivity contribution >= 4 is 23.8 Å². The number of nitriles is 1. The van der Waals surface area contributed by atoms with Gasteiger partial charge in [0.2, 0.25) is 0 Å². The fraction of sp³-hybridized carbons (Fsp3) is 0.571. The Morgan fingerprint density at radius 3 is 2.42 bits per heavy atom. The molecule has 1 fully saturated rings. The summed E-state index contributed by atoms with van der Waals surface area (Å²) in [5.41, 5.74) is 3.66. The van der Waals surface area contributed by atoms with Crippen molar-refractivity contribution in [2.45, 2.75) is 79.8 Å². The van der Waals surface area contributed by atoms with Crippen LogP contribution in [-0.4, -0.2) is 30.3 Å². The zero-order valence-corrected chi connectivity index (χ0v) is 21.5. The Morgan fingerprint density at radius 1 is 1.33 bits per heavy atom. The molecule has 0 bridgehead atoms. The van der Waals surface area contributed by atoms with Gasteiger partial charge in [-0.25, -0.2) is 4.79 Å². The standard InChI is InChI=1S/C17H22N2O2.C11H19N/c1-7-13(9-18-6)16-14(8-2)12(5)19-10-15(16)17(20)21-11(3)4;1-9(2)11(7-8-12)10-5-3-4-6-10/h7-11H,2H2,1,3-6H3;9-11H,3-7H2,1-2H3/b13-7+,18-9?;/t;11-/m.0/s1. The number of carbonyl (C=O) groups excluding carboxylic acids is 1. The van der Waals surface area contributed by atoms with E-state index < -0.39 is 0 Å². The lowest BCUT2D eigenvalue weighted by molar-refractivity contribution is 0.0377. The number of hydrogen-bond donors (Lipinski definition) is 0. The van der Waals surface area contributed by atoms with Crippen LogP contribution in [0.15, 0.2) is 23.8 Å². The predicted molar refractivity (Wildman–Crippen MR) is 138 cm³/mol. The van der Waals surface area contributed by atoms with Gasteiger partial charge < -0.3 is 4.74 Å². The van der Waals surface area contributed by atoms with Gasteiger partial charge in [-0.05, 0) is 51.0 Å². The first-order chi connectivity index (χ1) is 15.7. The third-order valence-electron chi connectivity index (χ3n) is 6.14. The first-order valence-electron chi connectivity index (χ1n) is 12.0. The van der Waals surface area contributed by atoms with E-state index in [0.717, 1.165) is 34.7 Å². The molecule has 0 radical (unpaired) electrons. The molecule has 0 aliphatic heterocycles. The zero-order chi connectivity index (χ0) is 25.0. The number of aryl methyl sites for hydroxylation is 1. The molecule has 0 aromatic carbocycles. The van der Waals surface area contributed by atoms with E-state index >= 15 is 0 Å². The second kappa shape index (κ2) is 14.4. The second-order valence-electron chi connectivity index (χ2n) is 9.15. The van der Waals surface area contributed by atoms with Crippen LogP contribution in [0.1, 0.15) is 93.9 Å². The summed E-state index contributed by atoms with van der Waals surface area (Å²) in [6.45, 7) is 15.7. The third kappa shape index (κ3) is 8.28. The second-order valence-corrected chi connectivity index (χ2v) is 9.15. The van der Waals surface area contributed by atoms with E-state index in [-0.39, 0.29) is 12.1 Å². The minimum absolute atomic E-state index is 0.187. The first-order valence-corrected chi connectivity index (χ1v) is 12.0. The van der Waals surface area contributed by atoms with Gasteiger partial charge in [0.25, 0.3) is 0 Å². The largest absolute Gasteiger partial charge is 0.459 e. The highest BCUT2D eigenvalue weighted by molar-refractivity contribution is 6.14. The number of aromatic nitrogens is 1. The van der Waals surface area contributed by atoms with Crippen LogP contribution < -0.4 is 0 Å². The molecule has 0 spiro atoms. The van der Waals surface area contributed by atoms with E-state index in [0.29, 0.717) is 17.4 Å². The Kier molecular flexibility index (Phi) is 12.4. The van der Waals surface area contributed by atoms with Gasteiger partial charge in [0.1, 0.15) is 0 Å². The smallest absolute Gasteiger partial charge is 0.340 e. The van der Waals surface area contributed by atoms with E-state index in [1.807, 2.05) is 33.8 Å². The molecule has 1 saturated carbocycles. The Balaban J connectivity index is 0.000000383. The van der Waals surface area contributed by atoms with Crippen molar-refractivity contribution in [3.63, 3.8) is 0 Å². The minimum atomic E-state index is -0.389. The highest BCUT2D eigenvalue weighted by atomic mass is 16.5. The molecule has 1 aliphatic carbocycles. The molecule has 5 heteroatoms. The predicted octanol–water partition coefficient (Wildman–Crippen LogP) is 7.06. The number of pyridine rings is 1. The summed E-state index contributed by atoms with van der Waals surface area (Å²) in [5.74, 6) is 1.81. The number of nitrogens with zero attached hydrogens (tertiary/aromatic N) is 3. The Morgan fingerprint density at radius 2 is 1.97 bits per heavy atom. The van der Waals surface area contributed by atoms with Gasteiger partial charge in [-0.1, -0.05) is 58.3 Å². The maximum atomic E-state index is 12.3. The van der Waals surface area contributed by atoms with Gasteiger partial charge in [-0.3, -0.25) is 9.98 Å². The molecule has 33 heavy (non-hydrogen) atoms. The molecule has 2 rings (SSSR count). The van der Waals surface area contributed by atoms with Crippen LogP contribution in [-0.2, 0) is 4.74 Å². The number of allylic oxidation sites excluding steroid dienone is 2. The fourth-order valence-corrected chi connectivity index (χ4v) is 4.47. The van der Waals surface area contributed by atoms with Crippen molar-refractivity contribution in [1.29, 1.82) is 5.26 Å². The van der Waals surface area contributed by atoms with Crippen molar-refractivity contribution in [3.05, 3.63) is 41.2 Å². The van der Waals surface area contributed by atoms with Crippen LogP contribution in [0, 0.1) is 36.0 Å². The summed E-state index contributed by atoms with van der Waals surface area (Å²) in [7, 11) is 1.69. The molecule has 0 amide bonds. The molecule has 1 aromatic heterocycles. The van der Waals surface area contributed by atoms with E-state index in [2.05, 4.69) is 36.5 Å². The fourth-order valence-electron chi connectivity index (χ4n) is 4.47. The summed E-state index contributed by atoms with van der Waals surface area (Å²) in [6, 6.07) is 2.33. The summed E-state index contributed by atoms with van der Waals surface area (Å²) >= 11 is 0. The Labute approximate surface area is 200 Å². The van der Waals surface area contributed by atoms with Crippen molar-refractivity contribution in [3.8, 4) is 6.07 Å². The molecule has 1 heterocycles. The number of ether oxygens (including phenoxy) is 1. The van der Waals surface area contributed by atoms with Gasteiger partial charge in [-0.2, -0.15) is 5.26 Å². The third-order valence-corrected chi connectivity index (χ3v) is 6.14. The molecular weight excluding hydrogens is 410 g/mol. The number of rotatable bonds is 8. The van der Waals surface area contributed by atoms with Gasteiger partial charge in [0.05, 0.1) is 17.7 Å². The molecule has 0 N–H and O–H groups in total. The van der Waals surface area contributed by atoms with Crippen LogP contribution >= 0.6 is 0 Å². The highest BCUT2D eigenvalue weighted by Gasteiger charge is 2.26. The molecule has 0 saturated heterocycles. The van der Waals surface area contributed by atoms with Gasteiger partial charge in [0, 0.05) is 42.7 Å². The van der Waals surface area contributed by atoms with E-state index in [1.54, 1.807) is 25.5 Å². The van der Waals surface area contributed by atoms with E-state index in [4.69, 9.17) is 10.00 Å². The molecular formula is C28H41N3O2. The maximum Gasteiger partial charge on any atom is 0.340 e. The number of hydrogen-bond acceptors (Lipinski definition) is 5. The molecule has 1 aliphatic rings. The average Bonchev–Trinajstić information content (AvgIpc) is 3.29.